The highest BCUT2D eigenvalue weighted by atomic mass is 16.5. The van der Waals surface area contributed by atoms with Gasteiger partial charge in [-0.25, -0.2) is 9.36 Å². The van der Waals surface area contributed by atoms with Crippen LogP contribution in [0.25, 0.3) is 11.0 Å². The van der Waals surface area contributed by atoms with Gasteiger partial charge in [0, 0.05) is 28.6 Å². The highest BCUT2D eigenvalue weighted by Crippen LogP contribution is 2.41. The van der Waals surface area contributed by atoms with Crippen molar-refractivity contribution < 1.29 is 13.7 Å². The van der Waals surface area contributed by atoms with E-state index in [2.05, 4.69) is 36.0 Å². The summed E-state index contributed by atoms with van der Waals surface area (Å²) in [7, 11) is 0. The fourth-order valence-corrected chi connectivity index (χ4v) is 3.80. The molecule has 2 aromatic heterocycles. The molecule has 1 atom stereocenters. The predicted molar refractivity (Wildman–Crippen MR) is 101 cm³/mol. The van der Waals surface area contributed by atoms with Gasteiger partial charge in [-0.05, 0) is 37.5 Å². The van der Waals surface area contributed by atoms with Crippen molar-refractivity contribution in [2.75, 3.05) is 6.61 Å². The molecule has 3 aromatic rings. The number of aryl methyl sites for hydroxylation is 3. The predicted octanol–water partition coefficient (Wildman–Crippen LogP) is 3.31. The van der Waals surface area contributed by atoms with E-state index in [0.29, 0.717) is 17.8 Å². The molecule has 1 aliphatic rings. The van der Waals surface area contributed by atoms with Crippen LogP contribution in [0.15, 0.2) is 39.8 Å². The highest BCUT2D eigenvalue weighted by molar-refractivity contribution is 5.88. The van der Waals surface area contributed by atoms with Gasteiger partial charge in [0.2, 0.25) is 0 Å². The third-order valence-electron chi connectivity index (χ3n) is 5.45. The molecule has 0 saturated carbocycles. The van der Waals surface area contributed by atoms with Gasteiger partial charge in [0.1, 0.15) is 29.6 Å². The van der Waals surface area contributed by atoms with Crippen LogP contribution in [0.3, 0.4) is 0 Å². The van der Waals surface area contributed by atoms with Gasteiger partial charge in [0.05, 0.1) is 5.92 Å². The van der Waals surface area contributed by atoms with E-state index in [9.17, 15) is 10.1 Å². The van der Waals surface area contributed by atoms with E-state index in [0.717, 1.165) is 35.2 Å². The van der Waals surface area contributed by atoms with Crippen molar-refractivity contribution in [1.29, 1.82) is 5.26 Å². The Kier molecular flexibility index (Phi) is 4.19. The lowest BCUT2D eigenvalue weighted by molar-refractivity contribution is -0.699. The average Bonchev–Trinajstić information content (AvgIpc) is 3.07. The van der Waals surface area contributed by atoms with Crippen LogP contribution in [0.2, 0.25) is 0 Å². The molecule has 0 saturated heterocycles. The number of ether oxygens (including phenoxy) is 1. The third kappa shape index (κ3) is 2.78. The Labute approximate surface area is 157 Å². The van der Waals surface area contributed by atoms with Crippen LogP contribution in [-0.2, 0) is 13.0 Å². The quantitative estimate of drug-likeness (QED) is 0.530. The molecule has 1 aromatic carbocycles. The number of hydrogen-bond acceptors (Lipinski definition) is 4. The highest BCUT2D eigenvalue weighted by Gasteiger charge is 2.31. The van der Waals surface area contributed by atoms with E-state index < -0.39 is 5.63 Å². The van der Waals surface area contributed by atoms with Crippen molar-refractivity contribution in [3.8, 4) is 11.8 Å². The molecule has 0 amide bonds. The van der Waals surface area contributed by atoms with E-state index in [-0.39, 0.29) is 11.5 Å². The molecule has 0 N–H and O–H groups in total. The first-order chi connectivity index (χ1) is 13.0. The normalized spacial score (nSPS) is 15.4. The molecule has 1 aliphatic heterocycles. The van der Waals surface area contributed by atoms with E-state index >= 15 is 0 Å². The number of pyridine rings is 1. The molecule has 0 aliphatic carbocycles. The SMILES string of the molecule is CCc1cc[n+](CC2COc3c2cc2c(C)c(C#N)c(=O)oc2c3C)cc1. The lowest BCUT2D eigenvalue weighted by Crippen LogP contribution is -2.36. The van der Waals surface area contributed by atoms with Crippen molar-refractivity contribution in [3.05, 3.63) is 68.8 Å². The second-order valence-corrected chi connectivity index (χ2v) is 7.06. The van der Waals surface area contributed by atoms with Crippen LogP contribution in [0, 0.1) is 25.2 Å². The van der Waals surface area contributed by atoms with E-state index in [1.165, 1.54) is 5.56 Å². The Balaban J connectivity index is 1.80. The van der Waals surface area contributed by atoms with Gasteiger partial charge in [0.15, 0.2) is 18.9 Å². The topological polar surface area (TPSA) is 67.1 Å². The van der Waals surface area contributed by atoms with Crippen molar-refractivity contribution in [2.45, 2.75) is 39.7 Å². The Morgan fingerprint density at radius 3 is 2.67 bits per heavy atom. The van der Waals surface area contributed by atoms with Crippen LogP contribution in [0.5, 0.6) is 5.75 Å². The smallest absolute Gasteiger partial charge is 0.354 e. The number of nitriles is 1. The molecule has 0 spiro atoms. The zero-order valence-electron chi connectivity index (χ0n) is 15.7. The van der Waals surface area contributed by atoms with Gasteiger partial charge >= 0.3 is 5.63 Å². The largest absolute Gasteiger partial charge is 0.492 e. The van der Waals surface area contributed by atoms with Crippen molar-refractivity contribution in [2.24, 2.45) is 0 Å². The minimum Gasteiger partial charge on any atom is -0.492 e. The Bertz CT molecular complexity index is 1140. The van der Waals surface area contributed by atoms with Gasteiger partial charge in [-0.3, -0.25) is 0 Å². The maximum Gasteiger partial charge on any atom is 0.354 e. The molecule has 1 unspecified atom stereocenters. The summed E-state index contributed by atoms with van der Waals surface area (Å²) in [5.41, 5.74) is 3.89. The second-order valence-electron chi connectivity index (χ2n) is 7.06. The molecule has 27 heavy (non-hydrogen) atoms. The lowest BCUT2D eigenvalue weighted by atomic mass is 9.94. The molecular weight excluding hydrogens is 340 g/mol. The van der Waals surface area contributed by atoms with Gasteiger partial charge in [0.25, 0.3) is 0 Å². The number of fused-ring (bicyclic) bond motifs is 2. The first-order valence-electron chi connectivity index (χ1n) is 9.15. The lowest BCUT2D eigenvalue weighted by Gasteiger charge is -2.11. The maximum absolute atomic E-state index is 12.1. The Morgan fingerprint density at radius 1 is 1.26 bits per heavy atom. The first-order valence-corrected chi connectivity index (χ1v) is 9.15. The minimum atomic E-state index is -0.591. The standard InChI is InChI=1S/C22H21N2O3/c1-4-15-5-7-24(8-6-15)11-16-12-26-20-14(3)21-17(9-18(16)20)13(2)19(10-23)22(25)27-21/h5-9,16H,4,11-12H2,1-3H3/q+1. The van der Waals surface area contributed by atoms with Crippen LogP contribution >= 0.6 is 0 Å². The van der Waals surface area contributed by atoms with Gasteiger partial charge < -0.3 is 9.15 Å². The molecule has 4 rings (SSSR count). The third-order valence-corrected chi connectivity index (χ3v) is 5.45. The molecule has 3 heterocycles. The van der Waals surface area contributed by atoms with Crippen molar-refractivity contribution in [3.63, 3.8) is 0 Å². The van der Waals surface area contributed by atoms with Crippen LogP contribution in [-0.4, -0.2) is 6.61 Å². The summed E-state index contributed by atoms with van der Waals surface area (Å²) in [6.45, 7) is 7.24. The van der Waals surface area contributed by atoms with Crippen molar-refractivity contribution in [1.82, 2.24) is 0 Å². The van der Waals surface area contributed by atoms with Crippen LogP contribution in [0.4, 0.5) is 0 Å². The summed E-state index contributed by atoms with van der Waals surface area (Å²) in [6, 6.07) is 8.26. The molecule has 0 bridgehead atoms. The molecule has 0 radical (unpaired) electrons. The molecule has 136 valence electrons. The van der Waals surface area contributed by atoms with Crippen LogP contribution < -0.4 is 14.9 Å². The number of rotatable bonds is 3. The van der Waals surface area contributed by atoms with E-state index in [1.807, 2.05) is 19.1 Å². The molecule has 0 fully saturated rings. The summed E-state index contributed by atoms with van der Waals surface area (Å²) in [6.07, 6.45) is 5.22. The fraction of sp³-hybridized carbons (Fsp3) is 0.318. The summed E-state index contributed by atoms with van der Waals surface area (Å²) in [4.78, 5) is 12.1. The minimum absolute atomic E-state index is 0.0712. The molecular formula is C22H21N2O3+. The number of nitrogens with zero attached hydrogens (tertiary/aromatic N) is 2. The Morgan fingerprint density at radius 2 is 2.00 bits per heavy atom. The molecule has 5 heteroatoms. The zero-order valence-corrected chi connectivity index (χ0v) is 15.7. The Hall–Kier alpha value is -3.13. The van der Waals surface area contributed by atoms with Gasteiger partial charge in [-0.1, -0.05) is 6.92 Å². The van der Waals surface area contributed by atoms with E-state index in [1.54, 1.807) is 6.92 Å². The monoisotopic (exact) mass is 361 g/mol. The van der Waals surface area contributed by atoms with Gasteiger partial charge in [-0.15, -0.1) is 0 Å². The van der Waals surface area contributed by atoms with Crippen LogP contribution in [0.1, 0.15) is 40.7 Å². The molecule has 5 nitrogen and oxygen atoms in total. The zero-order chi connectivity index (χ0) is 19.1. The summed E-state index contributed by atoms with van der Waals surface area (Å²) in [5, 5.41) is 10.1. The average molecular weight is 361 g/mol. The fourth-order valence-electron chi connectivity index (χ4n) is 3.80. The summed E-state index contributed by atoms with van der Waals surface area (Å²) < 4.78 is 13.6. The maximum atomic E-state index is 12.1. The van der Waals surface area contributed by atoms with Gasteiger partial charge in [-0.2, -0.15) is 5.26 Å². The summed E-state index contributed by atoms with van der Waals surface area (Å²) in [5.74, 6) is 1.00. The second kappa shape index (κ2) is 6.55. The summed E-state index contributed by atoms with van der Waals surface area (Å²) >= 11 is 0. The van der Waals surface area contributed by atoms with Crippen molar-refractivity contribution >= 4 is 11.0 Å². The first kappa shape index (κ1) is 17.3. The van der Waals surface area contributed by atoms with E-state index in [4.69, 9.17) is 9.15 Å². The number of benzene rings is 1. The number of hydrogen-bond donors (Lipinski definition) is 0. The number of aromatic nitrogens is 1.